The van der Waals surface area contributed by atoms with E-state index in [4.69, 9.17) is 13.9 Å². The molecule has 2 heterocycles. The van der Waals surface area contributed by atoms with E-state index < -0.39 is 0 Å². The van der Waals surface area contributed by atoms with E-state index in [-0.39, 0.29) is 5.97 Å². The quantitative estimate of drug-likeness (QED) is 0.0368. The monoisotopic (exact) mass is 753 g/mol. The SMILES string of the molecule is C=C(C)C(=O)OCCCCCCCCCCCOc1ccc(-c2ccc(-c3nnc(-c4ccc5c(c4)c4ccccc4n5CC(CC)CCCC)o3)cc2)cc1. The minimum Gasteiger partial charge on any atom is -0.494 e. The second kappa shape index (κ2) is 20.7. The zero-order chi connectivity index (χ0) is 39.1. The molecule has 0 fully saturated rings. The molecule has 2 aromatic heterocycles. The van der Waals surface area contributed by atoms with E-state index in [1.165, 1.54) is 86.0 Å². The number of para-hydroxylation sites is 1. The van der Waals surface area contributed by atoms with Gasteiger partial charge in [-0.15, -0.1) is 10.2 Å². The first-order valence-corrected chi connectivity index (χ1v) is 21.0. The Hall–Kier alpha value is -5.17. The van der Waals surface area contributed by atoms with Crippen LogP contribution in [0.5, 0.6) is 5.75 Å². The normalized spacial score (nSPS) is 12.0. The number of carbonyl (C=O) groups is 1. The van der Waals surface area contributed by atoms with Crippen LogP contribution in [0.4, 0.5) is 0 Å². The first-order valence-electron chi connectivity index (χ1n) is 21.0. The van der Waals surface area contributed by atoms with Crippen LogP contribution in [0.25, 0.3) is 55.8 Å². The Balaban J connectivity index is 0.959. The molecule has 0 aliphatic carbocycles. The molecule has 1 atom stereocenters. The molecule has 0 saturated heterocycles. The van der Waals surface area contributed by atoms with E-state index in [1.54, 1.807) is 6.92 Å². The fraction of sp³-hybridized carbons (Fsp3) is 0.408. The van der Waals surface area contributed by atoms with Crippen LogP contribution in [0, 0.1) is 5.92 Å². The third-order valence-corrected chi connectivity index (χ3v) is 10.9. The molecule has 0 N–H and O–H groups in total. The summed E-state index contributed by atoms with van der Waals surface area (Å²) < 4.78 is 19.9. The average Bonchev–Trinajstić information content (AvgIpc) is 3.85. The summed E-state index contributed by atoms with van der Waals surface area (Å²) in [6.07, 6.45) is 15.4. The number of hydrogen-bond donors (Lipinski definition) is 0. The van der Waals surface area contributed by atoms with Gasteiger partial charge in [0.05, 0.1) is 13.2 Å². The number of carbonyl (C=O) groups excluding carboxylic acids is 1. The van der Waals surface area contributed by atoms with Crippen LogP contribution in [0.2, 0.25) is 0 Å². The van der Waals surface area contributed by atoms with Crippen LogP contribution in [-0.2, 0) is 16.1 Å². The Bertz CT molecular complexity index is 2140. The maximum atomic E-state index is 11.4. The number of nitrogens with zero attached hydrogens (tertiary/aromatic N) is 3. The highest BCUT2D eigenvalue weighted by molar-refractivity contribution is 6.09. The van der Waals surface area contributed by atoms with Gasteiger partial charge in [0.2, 0.25) is 11.8 Å². The van der Waals surface area contributed by atoms with E-state index in [0.29, 0.717) is 29.9 Å². The van der Waals surface area contributed by atoms with Crippen LogP contribution < -0.4 is 4.74 Å². The largest absolute Gasteiger partial charge is 0.494 e. The zero-order valence-corrected chi connectivity index (χ0v) is 33.7. The fourth-order valence-corrected chi connectivity index (χ4v) is 7.48. The number of esters is 1. The molecule has 0 radical (unpaired) electrons. The van der Waals surface area contributed by atoms with Gasteiger partial charge in [-0.1, -0.05) is 127 Å². The van der Waals surface area contributed by atoms with Crippen LogP contribution >= 0.6 is 0 Å². The van der Waals surface area contributed by atoms with Crippen LogP contribution in [-0.4, -0.2) is 33.9 Å². The number of benzene rings is 4. The first-order chi connectivity index (χ1) is 27.4. The van der Waals surface area contributed by atoms with Crippen molar-refractivity contribution in [3.63, 3.8) is 0 Å². The molecule has 7 heteroatoms. The first kappa shape index (κ1) is 40.5. The average molecular weight is 754 g/mol. The summed E-state index contributed by atoms with van der Waals surface area (Å²) in [5.41, 5.74) is 7.07. The predicted octanol–water partition coefficient (Wildman–Crippen LogP) is 13.4. The third kappa shape index (κ3) is 10.8. The van der Waals surface area contributed by atoms with Gasteiger partial charge < -0.3 is 18.5 Å². The summed E-state index contributed by atoms with van der Waals surface area (Å²) in [4.78, 5) is 11.4. The van der Waals surface area contributed by atoms with Gasteiger partial charge in [0.1, 0.15) is 5.75 Å². The molecule has 0 saturated carbocycles. The van der Waals surface area contributed by atoms with Gasteiger partial charge in [0.15, 0.2) is 0 Å². The predicted molar refractivity (Wildman–Crippen MR) is 230 cm³/mol. The lowest BCUT2D eigenvalue weighted by atomic mass is 9.99. The van der Waals surface area contributed by atoms with E-state index in [9.17, 15) is 4.79 Å². The number of fused-ring (bicyclic) bond motifs is 3. The molecule has 6 rings (SSSR count). The van der Waals surface area contributed by atoms with Gasteiger partial charge in [0, 0.05) is 45.1 Å². The minimum absolute atomic E-state index is 0.284. The summed E-state index contributed by atoms with van der Waals surface area (Å²) in [6, 6.07) is 31.9. The topological polar surface area (TPSA) is 79.4 Å². The molecule has 4 aromatic carbocycles. The van der Waals surface area contributed by atoms with Crippen molar-refractivity contribution in [1.29, 1.82) is 0 Å². The highest BCUT2D eigenvalue weighted by Gasteiger charge is 2.17. The second-order valence-corrected chi connectivity index (χ2v) is 15.2. The molecule has 56 heavy (non-hydrogen) atoms. The maximum Gasteiger partial charge on any atom is 0.333 e. The number of rotatable bonds is 23. The van der Waals surface area contributed by atoms with Crippen molar-refractivity contribution in [2.45, 2.75) is 111 Å². The maximum absolute atomic E-state index is 11.4. The van der Waals surface area contributed by atoms with Crippen molar-refractivity contribution < 1.29 is 18.7 Å². The van der Waals surface area contributed by atoms with Gasteiger partial charge >= 0.3 is 5.97 Å². The Morgan fingerprint density at radius 2 is 1.25 bits per heavy atom. The Kier molecular flexibility index (Phi) is 14.9. The molecular weight excluding hydrogens is 695 g/mol. The second-order valence-electron chi connectivity index (χ2n) is 15.2. The fourth-order valence-electron chi connectivity index (χ4n) is 7.48. The standard InChI is InChI=1S/C49H59N3O4/c1-5-7-19-37(6-2)35-52-45-21-16-15-20-43(45)44-34-41(28-31-46(44)52)48-51-50-47(56-48)40-24-22-38(23-25-40)39-26-29-42(30-27-39)54-32-17-13-11-9-8-10-12-14-18-33-55-49(53)36(3)4/h15-16,20-31,34,37H,3,5-14,17-19,32-33,35H2,1-2,4H3. The minimum atomic E-state index is -0.284. The molecule has 1 unspecified atom stereocenters. The van der Waals surface area contributed by atoms with Crippen LogP contribution in [0.1, 0.15) is 104 Å². The number of aromatic nitrogens is 3. The summed E-state index contributed by atoms with van der Waals surface area (Å²) >= 11 is 0. The van der Waals surface area contributed by atoms with Crippen molar-refractivity contribution in [2.75, 3.05) is 13.2 Å². The molecule has 0 spiro atoms. The van der Waals surface area contributed by atoms with Crippen LogP contribution in [0.15, 0.2) is 108 Å². The van der Waals surface area contributed by atoms with Crippen molar-refractivity contribution in [1.82, 2.24) is 14.8 Å². The summed E-state index contributed by atoms with van der Waals surface area (Å²) in [7, 11) is 0. The molecule has 0 amide bonds. The van der Waals surface area contributed by atoms with E-state index in [1.807, 2.05) is 12.1 Å². The van der Waals surface area contributed by atoms with E-state index >= 15 is 0 Å². The van der Waals surface area contributed by atoms with Crippen LogP contribution in [0.3, 0.4) is 0 Å². The van der Waals surface area contributed by atoms with Crippen molar-refractivity contribution in [3.8, 4) is 39.8 Å². The number of unbranched alkanes of at least 4 members (excludes halogenated alkanes) is 9. The van der Waals surface area contributed by atoms with Gasteiger partial charge in [-0.2, -0.15) is 0 Å². The highest BCUT2D eigenvalue weighted by Crippen LogP contribution is 2.35. The highest BCUT2D eigenvalue weighted by atomic mass is 16.5. The van der Waals surface area contributed by atoms with Crippen molar-refractivity contribution in [3.05, 3.63) is 103 Å². The van der Waals surface area contributed by atoms with E-state index in [0.717, 1.165) is 60.4 Å². The summed E-state index contributed by atoms with van der Waals surface area (Å²) in [5.74, 6) is 2.31. The lowest BCUT2D eigenvalue weighted by molar-refractivity contribution is -0.139. The van der Waals surface area contributed by atoms with Gasteiger partial charge in [-0.05, 0) is 91.8 Å². The molecule has 0 aliphatic heterocycles. The van der Waals surface area contributed by atoms with Gasteiger partial charge in [-0.25, -0.2) is 4.79 Å². The molecule has 6 aromatic rings. The molecule has 7 nitrogen and oxygen atoms in total. The van der Waals surface area contributed by atoms with Crippen molar-refractivity contribution in [2.24, 2.45) is 5.92 Å². The molecule has 294 valence electrons. The Morgan fingerprint density at radius 1 is 0.679 bits per heavy atom. The third-order valence-electron chi connectivity index (χ3n) is 10.9. The lowest BCUT2D eigenvalue weighted by Crippen LogP contribution is -2.10. The van der Waals surface area contributed by atoms with Gasteiger partial charge in [-0.3, -0.25) is 0 Å². The molecule has 0 bridgehead atoms. The van der Waals surface area contributed by atoms with E-state index in [2.05, 4.69) is 114 Å². The summed E-state index contributed by atoms with van der Waals surface area (Å²) in [5, 5.41) is 11.4. The number of hydrogen-bond acceptors (Lipinski definition) is 6. The zero-order valence-electron chi connectivity index (χ0n) is 33.7. The molecular formula is C49H59N3O4. The smallest absolute Gasteiger partial charge is 0.333 e. The number of ether oxygens (including phenoxy) is 2. The molecule has 0 aliphatic rings. The lowest BCUT2D eigenvalue weighted by Gasteiger charge is -2.17. The van der Waals surface area contributed by atoms with Crippen molar-refractivity contribution >= 4 is 27.8 Å². The summed E-state index contributed by atoms with van der Waals surface area (Å²) in [6.45, 7) is 12.1. The Labute approximate surface area is 333 Å². The Morgan fingerprint density at radius 3 is 1.91 bits per heavy atom. The van der Waals surface area contributed by atoms with Gasteiger partial charge in [0.25, 0.3) is 0 Å².